The Kier molecular flexibility index (Phi) is 3.63. The van der Waals surface area contributed by atoms with Crippen molar-refractivity contribution in [2.75, 3.05) is 13.1 Å². The summed E-state index contributed by atoms with van der Waals surface area (Å²) in [4.78, 5) is 2.24. The number of nitrogens with zero attached hydrogens (tertiary/aromatic N) is 4. The van der Waals surface area contributed by atoms with E-state index in [1.807, 2.05) is 16.4 Å². The van der Waals surface area contributed by atoms with Crippen molar-refractivity contribution >= 4 is 32.5 Å². The van der Waals surface area contributed by atoms with Crippen LogP contribution in [0.3, 0.4) is 0 Å². The molecule has 26 heavy (non-hydrogen) atoms. The normalized spacial score (nSPS) is 21.0. The van der Waals surface area contributed by atoms with Crippen LogP contribution in [0.4, 0.5) is 0 Å². The highest BCUT2D eigenvalue weighted by Crippen LogP contribution is 2.36. The number of aromatic nitrogens is 4. The summed E-state index contributed by atoms with van der Waals surface area (Å²) < 4.78 is 3.81. The molecule has 3 aromatic heterocycles. The average Bonchev–Trinajstić information content (AvgIpc) is 3.27. The number of hydrogen-bond donors (Lipinski definition) is 2. The molecule has 1 aromatic carbocycles. The van der Waals surface area contributed by atoms with E-state index in [0.717, 1.165) is 34.1 Å². The molecule has 5 rings (SSSR count). The molecule has 0 saturated carbocycles. The van der Waals surface area contributed by atoms with Crippen molar-refractivity contribution in [1.82, 2.24) is 24.9 Å². The summed E-state index contributed by atoms with van der Waals surface area (Å²) in [6.45, 7) is 3.66. The van der Waals surface area contributed by atoms with Crippen LogP contribution in [0, 0.1) is 6.92 Å². The van der Waals surface area contributed by atoms with Crippen LogP contribution in [-0.4, -0.2) is 43.9 Å². The third-order valence-electron chi connectivity index (χ3n) is 5.17. The number of aryl methyl sites for hydroxylation is 2. The fourth-order valence-electron chi connectivity index (χ4n) is 3.86. The summed E-state index contributed by atoms with van der Waals surface area (Å²) in [7, 11) is 1.95. The zero-order valence-corrected chi connectivity index (χ0v) is 15.6. The molecule has 1 aliphatic rings. The Morgan fingerprint density at radius 3 is 2.88 bits per heavy atom. The van der Waals surface area contributed by atoms with Crippen molar-refractivity contribution in [1.29, 1.82) is 0 Å². The Morgan fingerprint density at radius 1 is 1.19 bits per heavy atom. The second-order valence-corrected chi connectivity index (χ2v) is 8.17. The van der Waals surface area contributed by atoms with E-state index in [0.29, 0.717) is 6.54 Å². The van der Waals surface area contributed by atoms with Crippen molar-refractivity contribution in [3.05, 3.63) is 36.2 Å². The van der Waals surface area contributed by atoms with Gasteiger partial charge in [-0.05, 0) is 49.2 Å². The minimum absolute atomic E-state index is 0.0632. The maximum atomic E-state index is 10.2. The quantitative estimate of drug-likeness (QED) is 0.572. The molecule has 0 aliphatic carbocycles. The zero-order valence-electron chi connectivity index (χ0n) is 14.8. The van der Waals surface area contributed by atoms with Gasteiger partial charge in [-0.25, -0.2) is 0 Å². The maximum Gasteiger partial charge on any atom is 0.146 e. The molecular weight excluding hydrogens is 346 g/mol. The third kappa shape index (κ3) is 2.55. The molecule has 1 aliphatic heterocycles. The molecule has 0 spiro atoms. The van der Waals surface area contributed by atoms with Gasteiger partial charge < -0.3 is 10.4 Å². The van der Waals surface area contributed by atoms with E-state index < -0.39 is 0 Å². The van der Waals surface area contributed by atoms with E-state index >= 15 is 0 Å². The highest BCUT2D eigenvalue weighted by Gasteiger charge is 2.25. The van der Waals surface area contributed by atoms with Crippen LogP contribution >= 0.6 is 11.3 Å². The van der Waals surface area contributed by atoms with Gasteiger partial charge in [0, 0.05) is 41.6 Å². The highest BCUT2D eigenvalue weighted by molar-refractivity contribution is 7.21. The lowest BCUT2D eigenvalue weighted by molar-refractivity contribution is 0.0814. The Labute approximate surface area is 155 Å². The van der Waals surface area contributed by atoms with Gasteiger partial charge in [-0.15, -0.1) is 11.3 Å². The van der Waals surface area contributed by atoms with Gasteiger partial charge in [0.05, 0.1) is 17.7 Å². The Balaban J connectivity index is 1.53. The Hall–Kier alpha value is -2.22. The molecule has 0 amide bonds. The first-order valence-electron chi connectivity index (χ1n) is 8.90. The van der Waals surface area contributed by atoms with Crippen LogP contribution in [-0.2, 0) is 7.05 Å². The molecule has 0 bridgehead atoms. The molecule has 0 unspecified atom stereocenters. The minimum Gasteiger partial charge on any atom is -0.390 e. The molecule has 134 valence electrons. The number of aliphatic hydroxyl groups is 1. The van der Waals surface area contributed by atoms with E-state index in [1.165, 1.54) is 16.0 Å². The molecule has 2 N–H and O–H groups in total. The van der Waals surface area contributed by atoms with Crippen LogP contribution in [0.25, 0.3) is 31.6 Å². The van der Waals surface area contributed by atoms with Gasteiger partial charge in [-0.3, -0.25) is 9.36 Å². The fourth-order valence-corrected chi connectivity index (χ4v) is 4.86. The van der Waals surface area contributed by atoms with Gasteiger partial charge in [0.1, 0.15) is 4.83 Å². The lowest BCUT2D eigenvalue weighted by Crippen LogP contribution is -2.41. The Morgan fingerprint density at radius 2 is 2.08 bits per heavy atom. The van der Waals surface area contributed by atoms with Gasteiger partial charge >= 0.3 is 0 Å². The predicted octanol–water partition coefficient (Wildman–Crippen LogP) is 2.86. The number of rotatable bonds is 2. The van der Waals surface area contributed by atoms with Crippen molar-refractivity contribution < 1.29 is 5.11 Å². The zero-order chi connectivity index (χ0) is 17.8. The summed E-state index contributed by atoms with van der Waals surface area (Å²) in [5.41, 5.74) is 3.45. The Bertz CT molecular complexity index is 1080. The summed E-state index contributed by atoms with van der Waals surface area (Å²) in [6.07, 6.45) is 4.65. The lowest BCUT2D eigenvalue weighted by Gasteiger charge is -2.28. The number of thiophene rings is 1. The van der Waals surface area contributed by atoms with Crippen LogP contribution in [0.15, 0.2) is 30.6 Å². The van der Waals surface area contributed by atoms with Crippen LogP contribution in [0.2, 0.25) is 0 Å². The first-order valence-corrected chi connectivity index (χ1v) is 9.72. The molecule has 4 heterocycles. The first-order chi connectivity index (χ1) is 12.6. The summed E-state index contributed by atoms with van der Waals surface area (Å²) in [6, 6.07) is 6.66. The molecule has 1 fully saturated rings. The van der Waals surface area contributed by atoms with Gasteiger partial charge in [0.25, 0.3) is 0 Å². The van der Waals surface area contributed by atoms with Crippen molar-refractivity contribution in [2.24, 2.45) is 7.05 Å². The third-order valence-corrected chi connectivity index (χ3v) is 6.25. The van der Waals surface area contributed by atoms with E-state index in [2.05, 4.69) is 47.9 Å². The fraction of sp³-hybridized carbons (Fsp3) is 0.368. The number of nitrogens with one attached hydrogen (secondary N) is 1. The molecule has 2 atom stereocenters. The minimum atomic E-state index is -0.382. The molecule has 0 radical (unpaired) electrons. The standard InChI is InChI=1S/C19H21N5OS/c1-11-5-12(6-13-9-23(2)21-18(11)13)17-7-14-10-24(22-19(14)26-17)15-3-4-20-8-16(15)25/h5-7,9-10,15-16,20,25H,3-4,8H2,1-2H3/t15-,16-/m0/s1. The van der Waals surface area contributed by atoms with Gasteiger partial charge in [-0.1, -0.05) is 0 Å². The SMILES string of the molecule is Cc1cc(-c2cc3cn([C@H]4CCNC[C@@H]4O)nc3s2)cc2cn(C)nc12. The number of benzene rings is 1. The topological polar surface area (TPSA) is 67.9 Å². The lowest BCUT2D eigenvalue weighted by atomic mass is 10.0. The second kappa shape index (κ2) is 5.90. The average molecular weight is 367 g/mol. The van der Waals surface area contributed by atoms with E-state index in [9.17, 15) is 5.11 Å². The monoisotopic (exact) mass is 367 g/mol. The summed E-state index contributed by atoms with van der Waals surface area (Å²) in [5, 5.41) is 25.0. The van der Waals surface area contributed by atoms with Gasteiger partial charge in [0.2, 0.25) is 0 Å². The summed E-state index contributed by atoms with van der Waals surface area (Å²) >= 11 is 1.70. The first kappa shape index (κ1) is 16.0. The van der Waals surface area contributed by atoms with Crippen LogP contribution in [0.5, 0.6) is 0 Å². The molecule has 4 aromatic rings. The number of hydrogen-bond acceptors (Lipinski definition) is 5. The van der Waals surface area contributed by atoms with Gasteiger partial charge in [-0.2, -0.15) is 10.2 Å². The van der Waals surface area contributed by atoms with Crippen molar-refractivity contribution in [3.63, 3.8) is 0 Å². The largest absolute Gasteiger partial charge is 0.390 e. The number of β-amino-alcohol motifs (C(OH)–C–C–N with tert-alkyl or cyclic N) is 1. The van der Waals surface area contributed by atoms with E-state index in [-0.39, 0.29) is 12.1 Å². The molecule has 6 nitrogen and oxygen atoms in total. The smallest absolute Gasteiger partial charge is 0.146 e. The predicted molar refractivity (Wildman–Crippen MR) is 105 cm³/mol. The summed E-state index contributed by atoms with van der Waals surface area (Å²) in [5.74, 6) is 0. The van der Waals surface area contributed by atoms with Gasteiger partial charge in [0.15, 0.2) is 0 Å². The van der Waals surface area contributed by atoms with Crippen LogP contribution in [0.1, 0.15) is 18.0 Å². The maximum absolute atomic E-state index is 10.2. The van der Waals surface area contributed by atoms with Crippen molar-refractivity contribution in [2.45, 2.75) is 25.5 Å². The number of fused-ring (bicyclic) bond motifs is 2. The highest BCUT2D eigenvalue weighted by atomic mass is 32.1. The van der Waals surface area contributed by atoms with Crippen LogP contribution < -0.4 is 5.32 Å². The number of piperidine rings is 1. The van der Waals surface area contributed by atoms with Crippen molar-refractivity contribution in [3.8, 4) is 10.4 Å². The van der Waals surface area contributed by atoms with E-state index in [1.54, 1.807) is 11.3 Å². The molecule has 7 heteroatoms. The molecule has 1 saturated heterocycles. The second-order valence-electron chi connectivity index (χ2n) is 7.14. The number of aliphatic hydroxyl groups excluding tert-OH is 1. The molecular formula is C19H21N5OS. The van der Waals surface area contributed by atoms with E-state index in [4.69, 9.17) is 5.10 Å².